The maximum atomic E-state index is 13.1. The van der Waals surface area contributed by atoms with Crippen LogP contribution in [0.15, 0.2) is 66.7 Å². The Bertz CT molecular complexity index is 1140. The summed E-state index contributed by atoms with van der Waals surface area (Å²) in [4.78, 5) is 17.2. The summed E-state index contributed by atoms with van der Waals surface area (Å²) in [5.74, 6) is 0.971. The maximum Gasteiger partial charge on any atom is 0.254 e. The molecule has 5 nitrogen and oxygen atoms in total. The molecule has 3 aromatic carbocycles. The molecule has 2 heterocycles. The fourth-order valence-electron chi connectivity index (χ4n) is 4.36. The number of piperazine rings is 1. The molecular weight excluding hydrogens is 412 g/mol. The highest BCUT2D eigenvalue weighted by atomic mass is 35.5. The number of likely N-dealkylation sites (N-methyl/N-ethyl adjacent to an activating group) is 1. The molecule has 1 fully saturated rings. The van der Waals surface area contributed by atoms with Crippen LogP contribution in [-0.4, -0.2) is 54.0 Å². The zero-order valence-electron chi connectivity index (χ0n) is 17.2. The summed E-state index contributed by atoms with van der Waals surface area (Å²) < 4.78 is 6.15. The molecule has 1 saturated heterocycles. The number of hydrogen-bond donors (Lipinski definition) is 1. The molecule has 1 unspecified atom stereocenters. The second-order valence-corrected chi connectivity index (χ2v) is 8.56. The number of carbonyl (C=O) groups excluding carboxylic acids is 1. The molecule has 2 aliphatic rings. The van der Waals surface area contributed by atoms with E-state index < -0.39 is 5.60 Å². The fraction of sp³-hybridized carbons (Fsp3) is 0.240. The first-order chi connectivity index (χ1) is 15.0. The van der Waals surface area contributed by atoms with Crippen molar-refractivity contribution in [1.82, 2.24) is 9.80 Å². The van der Waals surface area contributed by atoms with Gasteiger partial charge in [0.1, 0.15) is 17.1 Å². The lowest BCUT2D eigenvalue weighted by Gasteiger charge is -2.37. The van der Waals surface area contributed by atoms with E-state index >= 15 is 0 Å². The van der Waals surface area contributed by atoms with Crippen LogP contribution in [0, 0.1) is 0 Å². The van der Waals surface area contributed by atoms with Crippen molar-refractivity contribution in [3.8, 4) is 11.5 Å². The van der Waals surface area contributed by atoms with E-state index in [1.165, 1.54) is 0 Å². The van der Waals surface area contributed by atoms with E-state index in [1.54, 1.807) is 36.4 Å². The van der Waals surface area contributed by atoms with Gasteiger partial charge in [-0.2, -0.15) is 0 Å². The van der Waals surface area contributed by atoms with E-state index in [-0.39, 0.29) is 5.91 Å². The smallest absolute Gasteiger partial charge is 0.254 e. The summed E-state index contributed by atoms with van der Waals surface area (Å²) >= 11 is 6.26. The van der Waals surface area contributed by atoms with Gasteiger partial charge in [-0.3, -0.25) is 4.79 Å². The van der Waals surface area contributed by atoms with Crippen molar-refractivity contribution in [3.63, 3.8) is 0 Å². The van der Waals surface area contributed by atoms with Gasteiger partial charge in [0.05, 0.1) is 0 Å². The largest absolute Gasteiger partial charge is 0.456 e. The third kappa shape index (κ3) is 3.39. The minimum Gasteiger partial charge on any atom is -0.456 e. The van der Waals surface area contributed by atoms with Gasteiger partial charge in [-0.05, 0) is 42.9 Å². The van der Waals surface area contributed by atoms with Gasteiger partial charge in [0.2, 0.25) is 0 Å². The maximum absolute atomic E-state index is 13.1. The first-order valence-corrected chi connectivity index (χ1v) is 10.7. The summed E-state index contributed by atoms with van der Waals surface area (Å²) in [6.45, 7) is 3.11. The average molecular weight is 435 g/mol. The van der Waals surface area contributed by atoms with Crippen molar-refractivity contribution < 1.29 is 14.6 Å². The molecule has 2 aliphatic heterocycles. The number of benzene rings is 3. The number of ether oxygens (including phenoxy) is 1. The molecule has 5 rings (SSSR count). The summed E-state index contributed by atoms with van der Waals surface area (Å²) in [6, 6.07) is 19.9. The van der Waals surface area contributed by atoms with Crippen molar-refractivity contribution in [2.45, 2.75) is 5.60 Å². The predicted octanol–water partition coefficient (Wildman–Crippen LogP) is 4.12. The summed E-state index contributed by atoms with van der Waals surface area (Å²) in [7, 11) is 2.06. The molecule has 0 aliphatic carbocycles. The van der Waals surface area contributed by atoms with E-state index in [2.05, 4.69) is 11.9 Å². The third-order valence-corrected chi connectivity index (χ3v) is 6.39. The van der Waals surface area contributed by atoms with Crippen LogP contribution in [0.4, 0.5) is 0 Å². The van der Waals surface area contributed by atoms with Crippen molar-refractivity contribution in [2.24, 2.45) is 0 Å². The number of halogens is 1. The molecule has 0 bridgehead atoms. The minimum absolute atomic E-state index is 0.0235. The van der Waals surface area contributed by atoms with Gasteiger partial charge in [-0.25, -0.2) is 0 Å². The van der Waals surface area contributed by atoms with Crippen LogP contribution in [0.5, 0.6) is 11.5 Å². The van der Waals surface area contributed by atoms with Crippen LogP contribution >= 0.6 is 11.6 Å². The molecule has 31 heavy (non-hydrogen) atoms. The Morgan fingerprint density at radius 2 is 1.68 bits per heavy atom. The van der Waals surface area contributed by atoms with E-state index in [0.29, 0.717) is 51.9 Å². The molecule has 0 aromatic heterocycles. The van der Waals surface area contributed by atoms with Crippen molar-refractivity contribution in [3.05, 3.63) is 94.0 Å². The molecule has 1 atom stereocenters. The highest BCUT2D eigenvalue weighted by molar-refractivity contribution is 6.30. The van der Waals surface area contributed by atoms with Crippen LogP contribution in [0.2, 0.25) is 5.02 Å². The quantitative estimate of drug-likeness (QED) is 0.659. The molecule has 6 heteroatoms. The summed E-state index contributed by atoms with van der Waals surface area (Å²) in [6.07, 6.45) is 0. The summed E-state index contributed by atoms with van der Waals surface area (Å²) in [5.41, 5.74) is 0.988. The lowest BCUT2D eigenvalue weighted by atomic mass is 9.78. The topological polar surface area (TPSA) is 53.0 Å². The molecule has 0 saturated carbocycles. The second-order valence-electron chi connectivity index (χ2n) is 8.13. The molecule has 158 valence electrons. The SMILES string of the molecule is CN1CCN(C(=O)c2ccc3c(c2)Oc2ccc(Cl)cc2C3(O)c2ccccc2)CC1. The van der Waals surface area contributed by atoms with Gasteiger partial charge in [-0.15, -0.1) is 0 Å². The number of rotatable bonds is 2. The molecular formula is C25H23ClN2O3. The second kappa shape index (κ2) is 7.68. The molecule has 0 radical (unpaired) electrons. The van der Waals surface area contributed by atoms with Crippen LogP contribution in [0.25, 0.3) is 0 Å². The Morgan fingerprint density at radius 1 is 0.935 bits per heavy atom. The van der Waals surface area contributed by atoms with Gasteiger partial charge in [0.25, 0.3) is 5.91 Å². The Balaban J connectivity index is 1.60. The lowest BCUT2D eigenvalue weighted by molar-refractivity contribution is 0.0662. The zero-order chi connectivity index (χ0) is 21.6. The van der Waals surface area contributed by atoms with Gasteiger partial charge < -0.3 is 19.6 Å². The Labute approximate surface area is 186 Å². The van der Waals surface area contributed by atoms with Gasteiger partial charge in [0.15, 0.2) is 0 Å². The standard InChI is InChI=1S/C25H23ClN2O3/c1-27-11-13-28(14-12-27)24(29)17-7-9-20-23(15-17)31-22-10-8-19(26)16-21(22)25(20,30)18-5-3-2-4-6-18/h2-10,15-16,30H,11-14H2,1H3. The number of amides is 1. The Morgan fingerprint density at radius 3 is 2.42 bits per heavy atom. The number of fused-ring (bicyclic) bond motifs is 2. The summed E-state index contributed by atoms with van der Waals surface area (Å²) in [5, 5.41) is 12.6. The van der Waals surface area contributed by atoms with Crippen molar-refractivity contribution in [1.29, 1.82) is 0 Å². The monoisotopic (exact) mass is 434 g/mol. The molecule has 1 N–H and O–H groups in total. The van der Waals surface area contributed by atoms with E-state index in [1.807, 2.05) is 35.2 Å². The van der Waals surface area contributed by atoms with Crippen LogP contribution in [0.1, 0.15) is 27.0 Å². The van der Waals surface area contributed by atoms with E-state index in [9.17, 15) is 9.90 Å². The van der Waals surface area contributed by atoms with E-state index in [4.69, 9.17) is 16.3 Å². The van der Waals surface area contributed by atoms with Gasteiger partial charge in [-0.1, -0.05) is 48.0 Å². The fourth-order valence-corrected chi connectivity index (χ4v) is 4.53. The van der Waals surface area contributed by atoms with Gasteiger partial charge >= 0.3 is 0 Å². The number of hydrogen-bond acceptors (Lipinski definition) is 4. The number of nitrogens with zero attached hydrogens (tertiary/aromatic N) is 2. The highest BCUT2D eigenvalue weighted by Crippen LogP contribution is 2.50. The van der Waals surface area contributed by atoms with E-state index in [0.717, 1.165) is 13.1 Å². The zero-order valence-corrected chi connectivity index (χ0v) is 18.0. The van der Waals surface area contributed by atoms with Crippen molar-refractivity contribution in [2.75, 3.05) is 33.2 Å². The van der Waals surface area contributed by atoms with Crippen LogP contribution < -0.4 is 4.74 Å². The Kier molecular flexibility index (Phi) is 4.97. The molecule has 1 amide bonds. The minimum atomic E-state index is -1.44. The number of aliphatic hydroxyl groups is 1. The predicted molar refractivity (Wildman–Crippen MR) is 120 cm³/mol. The lowest BCUT2D eigenvalue weighted by Crippen LogP contribution is -2.47. The van der Waals surface area contributed by atoms with Crippen LogP contribution in [0.3, 0.4) is 0 Å². The number of carbonyl (C=O) groups is 1. The van der Waals surface area contributed by atoms with Crippen molar-refractivity contribution >= 4 is 17.5 Å². The van der Waals surface area contributed by atoms with Crippen LogP contribution in [-0.2, 0) is 5.60 Å². The molecule has 3 aromatic rings. The normalized spacial score (nSPS) is 20.5. The van der Waals surface area contributed by atoms with Gasteiger partial charge in [0, 0.05) is 47.9 Å². The highest BCUT2D eigenvalue weighted by Gasteiger charge is 2.42. The Hall–Kier alpha value is -2.86. The first-order valence-electron chi connectivity index (χ1n) is 10.3. The third-order valence-electron chi connectivity index (χ3n) is 6.15. The average Bonchev–Trinajstić information content (AvgIpc) is 2.80. The molecule has 0 spiro atoms. The first kappa shape index (κ1) is 20.1.